The number of rotatable bonds is 6. The van der Waals surface area contributed by atoms with E-state index in [0.717, 1.165) is 21.1 Å². The molecule has 0 spiro atoms. The van der Waals surface area contributed by atoms with E-state index in [2.05, 4.69) is 15.4 Å². The lowest BCUT2D eigenvalue weighted by atomic mass is 10.1. The molecule has 1 amide bonds. The third kappa shape index (κ3) is 4.24. The molecule has 158 valence electrons. The number of nitrogens with one attached hydrogen (secondary N) is 1. The molecule has 0 radical (unpaired) electrons. The van der Waals surface area contributed by atoms with Crippen molar-refractivity contribution < 1.29 is 9.53 Å². The van der Waals surface area contributed by atoms with Crippen LogP contribution in [0.5, 0.6) is 5.75 Å². The molecule has 0 saturated carbocycles. The van der Waals surface area contributed by atoms with Crippen LogP contribution in [0.25, 0.3) is 15.5 Å². The number of nitrogens with zero attached hydrogens (tertiary/aromatic N) is 3. The molecule has 0 bridgehead atoms. The van der Waals surface area contributed by atoms with E-state index < -0.39 is 0 Å². The summed E-state index contributed by atoms with van der Waals surface area (Å²) in [4.78, 5) is 17.8. The number of imidazole rings is 1. The van der Waals surface area contributed by atoms with E-state index in [1.54, 1.807) is 22.8 Å². The number of carbonyl (C=O) groups excluding carboxylic acids is 1. The van der Waals surface area contributed by atoms with E-state index >= 15 is 0 Å². The Labute approximate surface area is 189 Å². The maximum absolute atomic E-state index is 12.7. The van der Waals surface area contributed by atoms with Crippen LogP contribution in [0.2, 0.25) is 0 Å². The zero-order chi connectivity index (χ0) is 21.9. The Kier molecular flexibility index (Phi) is 5.39. The molecule has 5 aromatic rings. The van der Waals surface area contributed by atoms with Crippen molar-refractivity contribution in [3.8, 4) is 16.3 Å². The minimum absolute atomic E-state index is 0.0766. The number of benzene rings is 3. The van der Waals surface area contributed by atoms with E-state index in [-0.39, 0.29) is 12.0 Å². The summed E-state index contributed by atoms with van der Waals surface area (Å²) in [6.45, 7) is 2.00. The molecule has 3 aromatic carbocycles. The molecule has 0 aliphatic carbocycles. The van der Waals surface area contributed by atoms with Gasteiger partial charge < -0.3 is 10.1 Å². The summed E-state index contributed by atoms with van der Waals surface area (Å²) >= 11 is 1.50. The lowest BCUT2D eigenvalue weighted by Crippen LogP contribution is -2.12. The number of anilines is 1. The molecule has 0 aliphatic heterocycles. The number of aromatic nitrogens is 3. The van der Waals surface area contributed by atoms with E-state index in [1.165, 1.54) is 11.3 Å². The SMILES string of the molecule is CC(Oc1ccc(C(=O)Nc2cccc(-c3nn4ccnc4s3)c2)cc1)c1ccccc1. The first-order valence-electron chi connectivity index (χ1n) is 10.2. The summed E-state index contributed by atoms with van der Waals surface area (Å²) in [5.41, 5.74) is 3.29. The summed E-state index contributed by atoms with van der Waals surface area (Å²) in [6, 6.07) is 24.8. The zero-order valence-electron chi connectivity index (χ0n) is 17.3. The Morgan fingerprint density at radius 2 is 1.84 bits per heavy atom. The van der Waals surface area contributed by atoms with Crippen molar-refractivity contribution >= 4 is 27.9 Å². The lowest BCUT2D eigenvalue weighted by Gasteiger charge is -2.15. The Morgan fingerprint density at radius 3 is 2.62 bits per heavy atom. The number of hydrogen-bond acceptors (Lipinski definition) is 5. The van der Waals surface area contributed by atoms with Gasteiger partial charge in [-0.1, -0.05) is 53.8 Å². The van der Waals surface area contributed by atoms with Gasteiger partial charge in [0.05, 0.1) is 6.20 Å². The molecule has 0 aliphatic rings. The van der Waals surface area contributed by atoms with Crippen molar-refractivity contribution in [3.05, 3.63) is 102 Å². The molecule has 6 nitrogen and oxygen atoms in total. The van der Waals surface area contributed by atoms with Gasteiger partial charge >= 0.3 is 0 Å². The normalized spacial score (nSPS) is 11.9. The fourth-order valence-electron chi connectivity index (χ4n) is 3.37. The van der Waals surface area contributed by atoms with Gasteiger partial charge in [0.15, 0.2) is 0 Å². The summed E-state index contributed by atoms with van der Waals surface area (Å²) < 4.78 is 7.74. The highest BCUT2D eigenvalue weighted by Gasteiger charge is 2.11. The Morgan fingerprint density at radius 1 is 1.03 bits per heavy atom. The fourth-order valence-corrected chi connectivity index (χ4v) is 4.22. The van der Waals surface area contributed by atoms with Gasteiger partial charge in [0.2, 0.25) is 4.96 Å². The van der Waals surface area contributed by atoms with Gasteiger partial charge in [0.1, 0.15) is 16.9 Å². The predicted octanol–water partition coefficient (Wildman–Crippen LogP) is 5.85. The van der Waals surface area contributed by atoms with Crippen molar-refractivity contribution in [1.82, 2.24) is 14.6 Å². The van der Waals surface area contributed by atoms with Crippen LogP contribution >= 0.6 is 11.3 Å². The molecule has 0 saturated heterocycles. The number of amides is 1. The molecule has 2 heterocycles. The molecule has 1 unspecified atom stereocenters. The number of fused-ring (bicyclic) bond motifs is 1. The second-order valence-electron chi connectivity index (χ2n) is 7.29. The van der Waals surface area contributed by atoms with Gasteiger partial charge in [-0.25, -0.2) is 9.50 Å². The monoisotopic (exact) mass is 440 g/mol. The standard InChI is InChI=1S/C25H20N4O2S/c1-17(18-6-3-2-4-7-18)31-22-12-10-19(11-13-22)23(30)27-21-9-5-8-20(16-21)24-28-29-15-14-26-25(29)32-24/h2-17H,1H3,(H,27,30). The van der Waals surface area contributed by atoms with Gasteiger partial charge in [-0.15, -0.1) is 0 Å². The maximum Gasteiger partial charge on any atom is 0.255 e. The quantitative estimate of drug-likeness (QED) is 0.360. The van der Waals surface area contributed by atoms with Gasteiger partial charge in [-0.3, -0.25) is 4.79 Å². The minimum atomic E-state index is -0.182. The van der Waals surface area contributed by atoms with Crippen LogP contribution in [0.15, 0.2) is 91.3 Å². The van der Waals surface area contributed by atoms with Crippen molar-refractivity contribution in [1.29, 1.82) is 0 Å². The van der Waals surface area contributed by atoms with Crippen molar-refractivity contribution in [3.63, 3.8) is 0 Å². The molecule has 0 fully saturated rings. The molecular formula is C25H20N4O2S. The molecule has 32 heavy (non-hydrogen) atoms. The zero-order valence-corrected chi connectivity index (χ0v) is 18.1. The number of hydrogen-bond donors (Lipinski definition) is 1. The van der Waals surface area contributed by atoms with Crippen LogP contribution in [0.3, 0.4) is 0 Å². The third-order valence-corrected chi connectivity index (χ3v) is 6.03. The second kappa shape index (κ2) is 8.64. The van der Waals surface area contributed by atoms with Crippen LogP contribution in [0.4, 0.5) is 5.69 Å². The molecule has 5 rings (SSSR count). The molecular weight excluding hydrogens is 420 g/mol. The third-order valence-electron chi connectivity index (χ3n) is 5.04. The minimum Gasteiger partial charge on any atom is -0.486 e. The summed E-state index contributed by atoms with van der Waals surface area (Å²) in [5.74, 6) is 0.535. The average Bonchev–Trinajstić information content (AvgIpc) is 3.43. The Hall–Kier alpha value is -3.97. The van der Waals surface area contributed by atoms with E-state index in [4.69, 9.17) is 4.74 Å². The first-order chi connectivity index (χ1) is 15.7. The van der Waals surface area contributed by atoms with Crippen molar-refractivity contribution in [2.45, 2.75) is 13.0 Å². The topological polar surface area (TPSA) is 68.5 Å². The fraction of sp³-hybridized carbons (Fsp3) is 0.0800. The lowest BCUT2D eigenvalue weighted by molar-refractivity contribution is 0.102. The summed E-state index contributed by atoms with van der Waals surface area (Å²) in [7, 11) is 0. The molecule has 2 aromatic heterocycles. The molecule has 1 N–H and O–H groups in total. The van der Waals surface area contributed by atoms with Gasteiger partial charge in [-0.2, -0.15) is 5.10 Å². The van der Waals surface area contributed by atoms with Crippen LogP contribution in [0, 0.1) is 0 Å². The van der Waals surface area contributed by atoms with Crippen LogP contribution in [-0.2, 0) is 0 Å². The first kappa shape index (κ1) is 20.0. The number of ether oxygens (including phenoxy) is 1. The summed E-state index contributed by atoms with van der Waals surface area (Å²) in [6.07, 6.45) is 3.46. The van der Waals surface area contributed by atoms with E-state index in [9.17, 15) is 4.79 Å². The Bertz CT molecular complexity index is 1330. The predicted molar refractivity (Wildman–Crippen MR) is 126 cm³/mol. The average molecular weight is 441 g/mol. The number of carbonyl (C=O) groups is 1. The molecule has 7 heteroatoms. The van der Waals surface area contributed by atoms with Crippen molar-refractivity contribution in [2.24, 2.45) is 0 Å². The highest BCUT2D eigenvalue weighted by atomic mass is 32.1. The molecule has 1 atom stereocenters. The second-order valence-corrected chi connectivity index (χ2v) is 8.25. The van der Waals surface area contributed by atoms with Crippen LogP contribution in [-0.4, -0.2) is 20.5 Å². The van der Waals surface area contributed by atoms with Crippen LogP contribution < -0.4 is 10.1 Å². The largest absolute Gasteiger partial charge is 0.486 e. The highest BCUT2D eigenvalue weighted by Crippen LogP contribution is 2.27. The van der Waals surface area contributed by atoms with E-state index in [0.29, 0.717) is 17.0 Å². The Balaban J connectivity index is 1.26. The smallest absolute Gasteiger partial charge is 0.255 e. The van der Waals surface area contributed by atoms with Gasteiger partial charge in [-0.05, 0) is 48.9 Å². The van der Waals surface area contributed by atoms with Gasteiger partial charge in [0.25, 0.3) is 5.91 Å². The summed E-state index contributed by atoms with van der Waals surface area (Å²) in [5, 5.41) is 8.32. The van der Waals surface area contributed by atoms with E-state index in [1.807, 2.05) is 79.9 Å². The first-order valence-corrected chi connectivity index (χ1v) is 11.0. The van der Waals surface area contributed by atoms with Crippen LogP contribution in [0.1, 0.15) is 28.9 Å². The maximum atomic E-state index is 12.7. The van der Waals surface area contributed by atoms with Gasteiger partial charge in [0, 0.05) is 23.0 Å². The highest BCUT2D eigenvalue weighted by molar-refractivity contribution is 7.19. The van der Waals surface area contributed by atoms with Crippen molar-refractivity contribution in [2.75, 3.05) is 5.32 Å².